The SMILES string of the molecule is CNC.Cl.[H-].[H-].[Mg+2]. The Bertz CT molecular complexity index is 15.7. The van der Waals surface area contributed by atoms with E-state index >= 15 is 0 Å². The summed E-state index contributed by atoms with van der Waals surface area (Å²) >= 11 is 0. The van der Waals surface area contributed by atoms with E-state index in [4.69, 9.17) is 0 Å². The van der Waals surface area contributed by atoms with Gasteiger partial charge >= 0.3 is 23.1 Å². The van der Waals surface area contributed by atoms with E-state index in [9.17, 15) is 0 Å². The van der Waals surface area contributed by atoms with E-state index in [1.54, 1.807) is 0 Å². The molecule has 0 aromatic carbocycles. The average molecular weight is 108 g/mol. The molecule has 0 aliphatic rings. The molecule has 0 spiro atoms. The summed E-state index contributed by atoms with van der Waals surface area (Å²) in [5.74, 6) is 0. The second kappa shape index (κ2) is 19.9. The van der Waals surface area contributed by atoms with Crippen molar-refractivity contribution < 1.29 is 2.85 Å². The summed E-state index contributed by atoms with van der Waals surface area (Å²) in [6.45, 7) is 0. The molecule has 0 aromatic rings. The van der Waals surface area contributed by atoms with E-state index < -0.39 is 0 Å². The van der Waals surface area contributed by atoms with Gasteiger partial charge < -0.3 is 8.17 Å². The van der Waals surface area contributed by atoms with Crippen molar-refractivity contribution in [3.05, 3.63) is 0 Å². The van der Waals surface area contributed by atoms with Crippen LogP contribution in [0.5, 0.6) is 0 Å². The Balaban J connectivity index is -0.00000000333. The first-order chi connectivity index (χ1) is 1.41. The monoisotopic (exact) mass is 107 g/mol. The van der Waals surface area contributed by atoms with Gasteiger partial charge in [-0.1, -0.05) is 0 Å². The van der Waals surface area contributed by atoms with Gasteiger partial charge in [0.25, 0.3) is 0 Å². The molecule has 0 unspecified atom stereocenters. The molecule has 0 aliphatic heterocycles. The zero-order chi connectivity index (χ0) is 2.71. The van der Waals surface area contributed by atoms with Crippen LogP contribution in [0.25, 0.3) is 0 Å². The molecular weight excluding hydrogens is 97.8 g/mol. The number of nitrogens with one attached hydrogen (secondary N) is 1. The van der Waals surface area contributed by atoms with Crippen LogP contribution in [-0.2, 0) is 0 Å². The fraction of sp³-hybridized carbons (Fsp3) is 1.00. The summed E-state index contributed by atoms with van der Waals surface area (Å²) in [4.78, 5) is 0. The predicted octanol–water partition coefficient (Wildman–Crippen LogP) is 0.102. The quantitative estimate of drug-likeness (QED) is 0.434. The van der Waals surface area contributed by atoms with Crippen LogP contribution in [0.3, 0.4) is 0 Å². The third kappa shape index (κ3) is 44.2. The van der Waals surface area contributed by atoms with Crippen molar-refractivity contribution in [2.24, 2.45) is 0 Å². The molecule has 0 rings (SSSR count). The Labute approximate surface area is 58.0 Å². The summed E-state index contributed by atoms with van der Waals surface area (Å²) in [7, 11) is 3.75. The summed E-state index contributed by atoms with van der Waals surface area (Å²) in [6.07, 6.45) is 0. The van der Waals surface area contributed by atoms with Gasteiger partial charge in [0.15, 0.2) is 0 Å². The molecule has 32 valence electrons. The van der Waals surface area contributed by atoms with Crippen molar-refractivity contribution in [1.29, 1.82) is 0 Å². The van der Waals surface area contributed by atoms with Crippen molar-refractivity contribution in [3.63, 3.8) is 0 Å². The van der Waals surface area contributed by atoms with Crippen molar-refractivity contribution in [3.8, 4) is 0 Å². The van der Waals surface area contributed by atoms with Crippen molar-refractivity contribution in [1.82, 2.24) is 5.32 Å². The third-order valence-corrected chi connectivity index (χ3v) is 0. The van der Waals surface area contributed by atoms with Crippen LogP contribution in [0.4, 0.5) is 0 Å². The van der Waals surface area contributed by atoms with Crippen molar-refractivity contribution in [2.75, 3.05) is 14.1 Å². The van der Waals surface area contributed by atoms with Gasteiger partial charge in [0, 0.05) is 0 Å². The minimum absolute atomic E-state index is 0. The predicted molar refractivity (Wildman–Crippen MR) is 30.2 cm³/mol. The minimum atomic E-state index is 0. The van der Waals surface area contributed by atoms with Gasteiger partial charge in [0.2, 0.25) is 0 Å². The van der Waals surface area contributed by atoms with Crippen LogP contribution in [0.2, 0.25) is 0 Å². The van der Waals surface area contributed by atoms with Gasteiger partial charge in [-0.15, -0.1) is 12.4 Å². The maximum atomic E-state index is 2.75. The maximum Gasteiger partial charge on any atom is 2.00 e. The topological polar surface area (TPSA) is 12.0 Å². The molecule has 0 radical (unpaired) electrons. The molecule has 0 saturated heterocycles. The number of hydrogen-bond donors (Lipinski definition) is 1. The minimum Gasteiger partial charge on any atom is -1.00 e. The standard InChI is InChI=1S/C2H7N.ClH.Mg.2H/c1-3-2;;;;/h3H,1-2H3;1H;;;/q;;+2;2*-1. The Morgan fingerprint density at radius 3 is 1.40 bits per heavy atom. The molecule has 0 bridgehead atoms. The molecule has 5 heavy (non-hydrogen) atoms. The van der Waals surface area contributed by atoms with Crippen LogP contribution < -0.4 is 5.32 Å². The van der Waals surface area contributed by atoms with Crippen LogP contribution in [0.15, 0.2) is 0 Å². The van der Waals surface area contributed by atoms with E-state index in [2.05, 4.69) is 5.32 Å². The second-order valence-electron chi connectivity index (χ2n) is 0.500. The molecule has 1 nitrogen and oxygen atoms in total. The first-order valence-electron chi connectivity index (χ1n) is 1.00. The molecule has 3 heteroatoms. The van der Waals surface area contributed by atoms with E-state index in [0.29, 0.717) is 0 Å². The van der Waals surface area contributed by atoms with E-state index in [-0.39, 0.29) is 38.3 Å². The van der Waals surface area contributed by atoms with Crippen LogP contribution in [0.1, 0.15) is 2.85 Å². The molecule has 0 saturated carbocycles. The molecule has 0 amide bonds. The normalized spacial score (nSPS) is 3.60. The van der Waals surface area contributed by atoms with E-state index in [1.165, 1.54) is 0 Å². The number of halogens is 1. The van der Waals surface area contributed by atoms with Crippen LogP contribution in [-0.4, -0.2) is 37.1 Å². The Kier molecular flexibility index (Phi) is 66.2. The number of hydrogen-bond acceptors (Lipinski definition) is 1. The smallest absolute Gasteiger partial charge is 1.00 e. The molecule has 0 aliphatic carbocycles. The van der Waals surface area contributed by atoms with Gasteiger partial charge in [0.05, 0.1) is 0 Å². The van der Waals surface area contributed by atoms with Gasteiger partial charge in [-0.2, -0.15) is 0 Å². The average Bonchev–Trinajstić information content (AvgIpc) is 0.918. The van der Waals surface area contributed by atoms with Crippen molar-refractivity contribution >= 4 is 35.5 Å². The summed E-state index contributed by atoms with van der Waals surface area (Å²) in [5, 5.41) is 2.75. The first kappa shape index (κ1) is 16.6. The van der Waals surface area contributed by atoms with Gasteiger partial charge in [-0.25, -0.2) is 0 Å². The van der Waals surface area contributed by atoms with E-state index in [1.807, 2.05) is 14.1 Å². The van der Waals surface area contributed by atoms with Gasteiger partial charge in [0.1, 0.15) is 0 Å². The summed E-state index contributed by atoms with van der Waals surface area (Å²) in [5.41, 5.74) is 0. The van der Waals surface area contributed by atoms with Crippen LogP contribution in [0, 0.1) is 0 Å². The molecule has 0 aromatic heterocycles. The third-order valence-electron chi connectivity index (χ3n) is 0. The zero-order valence-corrected chi connectivity index (χ0v) is 5.85. The fourth-order valence-corrected chi connectivity index (χ4v) is 0. The first-order valence-corrected chi connectivity index (χ1v) is 1.00. The molecule has 0 atom stereocenters. The van der Waals surface area contributed by atoms with E-state index in [0.717, 1.165) is 0 Å². The number of rotatable bonds is 0. The second-order valence-corrected chi connectivity index (χ2v) is 0.500. The Morgan fingerprint density at radius 1 is 1.40 bits per heavy atom. The maximum absolute atomic E-state index is 2.75. The molecule has 1 N–H and O–H groups in total. The molecule has 0 fully saturated rings. The largest absolute Gasteiger partial charge is 2.00 e. The van der Waals surface area contributed by atoms with Crippen LogP contribution >= 0.6 is 12.4 Å². The van der Waals surface area contributed by atoms with Crippen molar-refractivity contribution in [2.45, 2.75) is 0 Å². The summed E-state index contributed by atoms with van der Waals surface area (Å²) in [6, 6.07) is 0. The zero-order valence-electron chi connectivity index (χ0n) is 5.62. The Morgan fingerprint density at radius 2 is 1.40 bits per heavy atom. The fourth-order valence-electron chi connectivity index (χ4n) is 0. The van der Waals surface area contributed by atoms with Gasteiger partial charge in [-0.05, 0) is 14.1 Å². The molecular formula is C2H10ClMgN. The van der Waals surface area contributed by atoms with Gasteiger partial charge in [-0.3, -0.25) is 0 Å². The Hall–Kier alpha value is 1.02. The summed E-state index contributed by atoms with van der Waals surface area (Å²) < 4.78 is 0. The molecule has 0 heterocycles.